The number of nitrogens with zero attached hydrogens (tertiary/aromatic N) is 2. The number of para-hydroxylation sites is 1. The van der Waals surface area contributed by atoms with Crippen molar-refractivity contribution in [2.24, 2.45) is 9.98 Å². The number of hydrogen-bond acceptors (Lipinski definition) is 2. The molecular weight excluding hydrogens is 244 g/mol. The topological polar surface area (TPSA) is 24.7 Å². The lowest BCUT2D eigenvalue weighted by atomic mass is 10.0. The molecule has 0 radical (unpaired) electrons. The molecule has 2 aromatic rings. The van der Waals surface area contributed by atoms with Gasteiger partial charge in [-0.25, -0.2) is 4.99 Å². The second-order valence-corrected chi connectivity index (χ2v) is 4.80. The molecule has 0 saturated carbocycles. The number of fused-ring (bicyclic) bond motifs is 3. The van der Waals surface area contributed by atoms with Crippen LogP contribution in [0.15, 0.2) is 76.5 Å². The van der Waals surface area contributed by atoms with Crippen molar-refractivity contribution in [1.82, 2.24) is 0 Å². The Balaban J connectivity index is 2.06. The van der Waals surface area contributed by atoms with Crippen LogP contribution in [-0.2, 0) is 0 Å². The Morgan fingerprint density at radius 2 is 1.60 bits per heavy atom. The molecule has 0 atom stereocenters. The highest BCUT2D eigenvalue weighted by Gasteiger charge is 2.11. The Kier molecular flexibility index (Phi) is 2.46. The molecule has 0 amide bonds. The van der Waals surface area contributed by atoms with Crippen LogP contribution in [0.2, 0.25) is 0 Å². The molecule has 0 aromatic heterocycles. The van der Waals surface area contributed by atoms with Crippen LogP contribution in [0.5, 0.6) is 0 Å². The average molecular weight is 256 g/mol. The summed E-state index contributed by atoms with van der Waals surface area (Å²) in [5, 5.41) is 2.20. The third-order valence-corrected chi connectivity index (χ3v) is 3.54. The molecule has 2 aromatic carbocycles. The molecular formula is C18H12N2. The smallest absolute Gasteiger partial charge is 0.0723 e. The van der Waals surface area contributed by atoms with E-state index >= 15 is 0 Å². The van der Waals surface area contributed by atoms with Crippen LogP contribution < -0.4 is 10.6 Å². The van der Waals surface area contributed by atoms with Crippen molar-refractivity contribution in [3.8, 4) is 0 Å². The van der Waals surface area contributed by atoms with E-state index in [1.165, 1.54) is 5.22 Å². The van der Waals surface area contributed by atoms with Crippen LogP contribution in [0.1, 0.15) is 11.1 Å². The van der Waals surface area contributed by atoms with Crippen LogP contribution in [0.25, 0.3) is 11.6 Å². The number of aliphatic imine (C=N–C) groups is 1. The van der Waals surface area contributed by atoms with Gasteiger partial charge in [-0.3, -0.25) is 4.99 Å². The SMILES string of the molecule is C1=N/C=C\C2=c3ccccc3=N/C2=C/c2ccccc21. The first-order valence-corrected chi connectivity index (χ1v) is 6.61. The van der Waals surface area contributed by atoms with Crippen molar-refractivity contribution in [2.75, 3.05) is 0 Å². The summed E-state index contributed by atoms with van der Waals surface area (Å²) in [6, 6.07) is 16.4. The van der Waals surface area contributed by atoms with E-state index < -0.39 is 0 Å². The Hall–Kier alpha value is -2.74. The van der Waals surface area contributed by atoms with Crippen LogP contribution in [0.4, 0.5) is 0 Å². The molecule has 2 heterocycles. The minimum Gasteiger partial charge on any atom is -0.264 e. The van der Waals surface area contributed by atoms with Crippen molar-refractivity contribution in [2.45, 2.75) is 0 Å². The van der Waals surface area contributed by atoms with E-state index in [0.717, 1.165) is 27.8 Å². The van der Waals surface area contributed by atoms with Crippen LogP contribution in [0, 0.1) is 0 Å². The molecule has 94 valence electrons. The highest BCUT2D eigenvalue weighted by atomic mass is 14.8. The Morgan fingerprint density at radius 1 is 0.800 bits per heavy atom. The molecule has 0 spiro atoms. The minimum absolute atomic E-state index is 1.00. The van der Waals surface area contributed by atoms with Gasteiger partial charge >= 0.3 is 0 Å². The summed E-state index contributed by atoms with van der Waals surface area (Å²) in [5.41, 5.74) is 4.39. The van der Waals surface area contributed by atoms with E-state index in [9.17, 15) is 0 Å². The predicted molar refractivity (Wildman–Crippen MR) is 81.8 cm³/mol. The molecule has 2 nitrogen and oxygen atoms in total. The van der Waals surface area contributed by atoms with Gasteiger partial charge in [-0.05, 0) is 23.8 Å². The first kappa shape index (κ1) is 11.1. The Bertz CT molecular complexity index is 899. The van der Waals surface area contributed by atoms with Gasteiger partial charge in [0.15, 0.2) is 0 Å². The maximum absolute atomic E-state index is 4.73. The molecule has 0 N–H and O–H groups in total. The van der Waals surface area contributed by atoms with Crippen molar-refractivity contribution in [1.29, 1.82) is 0 Å². The highest BCUT2D eigenvalue weighted by molar-refractivity contribution is 5.90. The lowest BCUT2D eigenvalue weighted by Gasteiger charge is -2.01. The van der Waals surface area contributed by atoms with Gasteiger partial charge in [-0.15, -0.1) is 0 Å². The van der Waals surface area contributed by atoms with Crippen molar-refractivity contribution >= 4 is 17.9 Å². The molecule has 4 rings (SSSR count). The average Bonchev–Trinajstić information content (AvgIpc) is 2.85. The second-order valence-electron chi connectivity index (χ2n) is 4.80. The van der Waals surface area contributed by atoms with E-state index in [1.54, 1.807) is 0 Å². The van der Waals surface area contributed by atoms with E-state index in [-0.39, 0.29) is 0 Å². The largest absolute Gasteiger partial charge is 0.264 e. The molecule has 0 fully saturated rings. The summed E-state index contributed by atoms with van der Waals surface area (Å²) in [4.78, 5) is 9.10. The van der Waals surface area contributed by atoms with Gasteiger partial charge in [0.05, 0.1) is 11.1 Å². The highest BCUT2D eigenvalue weighted by Crippen LogP contribution is 2.21. The Morgan fingerprint density at radius 3 is 2.55 bits per heavy atom. The number of allylic oxidation sites excluding steroid dienone is 1. The number of benzene rings is 2. The summed E-state index contributed by atoms with van der Waals surface area (Å²) in [5.74, 6) is 0. The molecule has 2 aliphatic rings. The normalized spacial score (nSPS) is 19.4. The minimum atomic E-state index is 1.00. The lowest BCUT2D eigenvalue weighted by Crippen LogP contribution is -2.21. The first-order valence-electron chi connectivity index (χ1n) is 6.61. The van der Waals surface area contributed by atoms with Gasteiger partial charge in [0.1, 0.15) is 0 Å². The quantitative estimate of drug-likeness (QED) is 0.692. The fourth-order valence-electron chi connectivity index (χ4n) is 2.56. The van der Waals surface area contributed by atoms with E-state index in [1.807, 2.05) is 48.8 Å². The van der Waals surface area contributed by atoms with Gasteiger partial charge in [0, 0.05) is 28.8 Å². The second kappa shape index (κ2) is 4.42. The van der Waals surface area contributed by atoms with Crippen LogP contribution in [0.3, 0.4) is 0 Å². The first-order chi connectivity index (χ1) is 9.92. The fourth-order valence-corrected chi connectivity index (χ4v) is 2.56. The van der Waals surface area contributed by atoms with Crippen LogP contribution in [-0.4, -0.2) is 6.21 Å². The van der Waals surface area contributed by atoms with Crippen molar-refractivity contribution in [3.63, 3.8) is 0 Å². The zero-order valence-electron chi connectivity index (χ0n) is 10.8. The van der Waals surface area contributed by atoms with Crippen molar-refractivity contribution < 1.29 is 0 Å². The Labute approximate surface area is 116 Å². The van der Waals surface area contributed by atoms with Gasteiger partial charge in [0.2, 0.25) is 0 Å². The van der Waals surface area contributed by atoms with Gasteiger partial charge in [-0.1, -0.05) is 42.5 Å². The number of rotatable bonds is 0. The molecule has 20 heavy (non-hydrogen) atoms. The lowest BCUT2D eigenvalue weighted by molar-refractivity contribution is 1.33. The monoisotopic (exact) mass is 256 g/mol. The van der Waals surface area contributed by atoms with Gasteiger partial charge in [-0.2, -0.15) is 0 Å². The molecule has 0 unspecified atom stereocenters. The predicted octanol–water partition coefficient (Wildman–Crippen LogP) is 2.46. The molecule has 0 saturated heterocycles. The van der Waals surface area contributed by atoms with E-state index in [0.29, 0.717) is 0 Å². The summed E-state index contributed by atoms with van der Waals surface area (Å²) in [7, 11) is 0. The number of hydrogen-bond donors (Lipinski definition) is 0. The third-order valence-electron chi connectivity index (χ3n) is 3.54. The zero-order valence-corrected chi connectivity index (χ0v) is 10.8. The molecule has 2 heteroatoms. The third kappa shape index (κ3) is 1.74. The zero-order chi connectivity index (χ0) is 13.4. The molecule has 0 aliphatic carbocycles. The van der Waals surface area contributed by atoms with Gasteiger partial charge in [0.25, 0.3) is 0 Å². The van der Waals surface area contributed by atoms with E-state index in [2.05, 4.69) is 29.3 Å². The van der Waals surface area contributed by atoms with E-state index in [4.69, 9.17) is 4.99 Å². The van der Waals surface area contributed by atoms with Gasteiger partial charge < -0.3 is 0 Å². The molecule has 0 bridgehead atoms. The van der Waals surface area contributed by atoms with Crippen molar-refractivity contribution in [3.05, 3.63) is 88.2 Å². The summed E-state index contributed by atoms with van der Waals surface area (Å²) >= 11 is 0. The maximum Gasteiger partial charge on any atom is 0.0723 e. The summed E-state index contributed by atoms with van der Waals surface area (Å²) in [6.07, 6.45) is 7.88. The molecule has 2 aliphatic heterocycles. The standard InChI is InChI=1S/C18H12N2/c1-2-6-14-12-19-10-9-16-15-7-3-4-8-17(15)20-18(16)11-13(14)5-1/h1-12H/b10-9-,13-11?,14-12?,16-9?,18-11+,19-10?,19-12?. The fraction of sp³-hybridized carbons (Fsp3) is 0. The summed E-state index contributed by atoms with van der Waals surface area (Å²) < 4.78 is 0. The summed E-state index contributed by atoms with van der Waals surface area (Å²) in [6.45, 7) is 0. The maximum atomic E-state index is 4.73. The van der Waals surface area contributed by atoms with Crippen LogP contribution >= 0.6 is 0 Å².